The molecule has 0 aromatic heterocycles. The lowest BCUT2D eigenvalue weighted by atomic mass is 10.1. The van der Waals surface area contributed by atoms with Crippen LogP contribution in [-0.4, -0.2) is 25.8 Å². The van der Waals surface area contributed by atoms with Crippen LogP contribution in [0.15, 0.2) is 48.5 Å². The van der Waals surface area contributed by atoms with E-state index in [9.17, 15) is 0 Å². The molecule has 1 atom stereocenters. The van der Waals surface area contributed by atoms with Gasteiger partial charge in [0.25, 0.3) is 0 Å². The summed E-state index contributed by atoms with van der Waals surface area (Å²) in [5, 5.41) is 7.95. The lowest BCUT2D eigenvalue weighted by molar-refractivity contribution is -0.890. The number of likely N-dealkylation sites (N-methyl/N-ethyl adjacent to an activating group) is 1. The molecule has 0 aliphatic rings. The maximum absolute atomic E-state index is 6.35. The Morgan fingerprint density at radius 1 is 1.12 bits per heavy atom. The maximum atomic E-state index is 6.35. The zero-order chi connectivity index (χ0) is 17.5. The van der Waals surface area contributed by atoms with Gasteiger partial charge in [-0.05, 0) is 42.4 Å². The first kappa shape index (κ1) is 18.7. The van der Waals surface area contributed by atoms with E-state index in [1.54, 1.807) is 0 Å². The molecule has 0 aliphatic carbocycles. The fraction of sp³-hybridized carbons (Fsp3) is 0.316. The summed E-state index contributed by atoms with van der Waals surface area (Å²) in [4.78, 5) is 1.30. The number of nitrogens with one attached hydrogen (secondary N) is 3. The smallest absolute Gasteiger partial charge is 0.171 e. The third-order valence-electron chi connectivity index (χ3n) is 4.06. The molecule has 0 saturated carbocycles. The maximum Gasteiger partial charge on any atom is 0.171 e. The van der Waals surface area contributed by atoms with Crippen molar-refractivity contribution in [2.24, 2.45) is 0 Å². The molecule has 3 nitrogen and oxygen atoms in total. The molecule has 0 radical (unpaired) electrons. The van der Waals surface area contributed by atoms with Gasteiger partial charge in [-0.1, -0.05) is 48.9 Å². The summed E-state index contributed by atoms with van der Waals surface area (Å²) in [5.74, 6) is 0. The molecule has 0 unspecified atom stereocenters. The standard InChI is InChI=1S/C19H24ClN3S/c1-4-14-9-11-15(12-10-14)22-19(24)21-13-18(23(2)3)16-7-5-6-8-17(16)20/h5-12,18H,4,13H2,1-3H3,(H2,21,22,24)/p+1/t18-/m1/s1. The third-order valence-corrected chi connectivity index (χ3v) is 4.65. The Kier molecular flexibility index (Phi) is 7.03. The summed E-state index contributed by atoms with van der Waals surface area (Å²) in [7, 11) is 4.24. The molecule has 0 heterocycles. The van der Waals surface area contributed by atoms with E-state index >= 15 is 0 Å². The molecule has 5 heteroatoms. The van der Waals surface area contributed by atoms with Gasteiger partial charge < -0.3 is 15.5 Å². The highest BCUT2D eigenvalue weighted by Gasteiger charge is 2.20. The third kappa shape index (κ3) is 5.20. The van der Waals surface area contributed by atoms with Crippen LogP contribution >= 0.6 is 23.8 Å². The average Bonchev–Trinajstić information content (AvgIpc) is 2.57. The van der Waals surface area contributed by atoms with Gasteiger partial charge >= 0.3 is 0 Å². The number of rotatable bonds is 6. The Morgan fingerprint density at radius 2 is 1.79 bits per heavy atom. The largest absolute Gasteiger partial charge is 0.356 e. The predicted octanol–water partition coefficient (Wildman–Crippen LogP) is 3.07. The van der Waals surface area contributed by atoms with Crippen molar-refractivity contribution in [3.05, 3.63) is 64.7 Å². The minimum Gasteiger partial charge on any atom is -0.356 e. The van der Waals surface area contributed by atoms with Crippen LogP contribution in [0.5, 0.6) is 0 Å². The molecule has 2 aromatic rings. The molecule has 2 aromatic carbocycles. The van der Waals surface area contributed by atoms with Crippen LogP contribution in [-0.2, 0) is 6.42 Å². The van der Waals surface area contributed by atoms with Crippen molar-refractivity contribution < 1.29 is 4.90 Å². The topological polar surface area (TPSA) is 28.5 Å². The quantitative estimate of drug-likeness (QED) is 0.690. The fourth-order valence-corrected chi connectivity index (χ4v) is 3.05. The van der Waals surface area contributed by atoms with Crippen LogP contribution in [0.25, 0.3) is 0 Å². The van der Waals surface area contributed by atoms with Gasteiger partial charge in [0.15, 0.2) is 5.11 Å². The van der Waals surface area contributed by atoms with Gasteiger partial charge in [0.05, 0.1) is 20.6 Å². The minimum absolute atomic E-state index is 0.223. The zero-order valence-electron chi connectivity index (χ0n) is 14.4. The van der Waals surface area contributed by atoms with E-state index in [1.807, 2.05) is 18.2 Å². The number of benzene rings is 2. The molecule has 0 aliphatic heterocycles. The van der Waals surface area contributed by atoms with E-state index in [2.05, 4.69) is 62.0 Å². The van der Waals surface area contributed by atoms with E-state index in [4.69, 9.17) is 23.8 Å². The number of hydrogen-bond acceptors (Lipinski definition) is 1. The Hall–Kier alpha value is -1.62. The molecule has 0 amide bonds. The summed E-state index contributed by atoms with van der Waals surface area (Å²) in [6, 6.07) is 16.5. The lowest BCUT2D eigenvalue weighted by Gasteiger charge is -2.24. The molecule has 0 saturated heterocycles. The summed E-state index contributed by atoms with van der Waals surface area (Å²) in [6.07, 6.45) is 1.04. The van der Waals surface area contributed by atoms with Gasteiger partial charge in [-0.15, -0.1) is 0 Å². The van der Waals surface area contributed by atoms with Crippen molar-refractivity contribution in [1.29, 1.82) is 0 Å². The average molecular weight is 363 g/mol. The van der Waals surface area contributed by atoms with E-state index in [0.29, 0.717) is 11.7 Å². The van der Waals surface area contributed by atoms with Crippen LogP contribution in [0.4, 0.5) is 5.69 Å². The molecule has 2 rings (SSSR count). The SMILES string of the molecule is CCc1ccc(NC(=S)NC[C@H](c2ccccc2Cl)[NH+](C)C)cc1. The second-order valence-corrected chi connectivity index (χ2v) is 6.85. The number of quaternary nitrogens is 1. The van der Waals surface area contributed by atoms with Gasteiger partial charge in [-0.25, -0.2) is 0 Å². The first-order valence-corrected chi connectivity index (χ1v) is 8.98. The van der Waals surface area contributed by atoms with Gasteiger partial charge in [0, 0.05) is 16.3 Å². The highest BCUT2D eigenvalue weighted by Crippen LogP contribution is 2.20. The van der Waals surface area contributed by atoms with Crippen LogP contribution in [0, 0.1) is 0 Å². The Morgan fingerprint density at radius 3 is 2.38 bits per heavy atom. The number of anilines is 1. The zero-order valence-corrected chi connectivity index (χ0v) is 16.0. The Balaban J connectivity index is 1.96. The van der Waals surface area contributed by atoms with E-state index in [-0.39, 0.29) is 6.04 Å². The summed E-state index contributed by atoms with van der Waals surface area (Å²) in [5.41, 5.74) is 3.44. The van der Waals surface area contributed by atoms with Gasteiger partial charge in [0.2, 0.25) is 0 Å². The normalized spacial score (nSPS) is 12.0. The second-order valence-electron chi connectivity index (χ2n) is 6.04. The second kappa shape index (κ2) is 9.02. The molecular formula is C19H25ClN3S+. The number of hydrogen-bond donors (Lipinski definition) is 3. The van der Waals surface area contributed by atoms with Crippen LogP contribution in [0.3, 0.4) is 0 Å². The van der Waals surface area contributed by atoms with Crippen molar-refractivity contribution in [1.82, 2.24) is 5.32 Å². The van der Waals surface area contributed by atoms with Crippen LogP contribution in [0.2, 0.25) is 5.02 Å². The van der Waals surface area contributed by atoms with Gasteiger partial charge in [-0.3, -0.25) is 0 Å². The highest BCUT2D eigenvalue weighted by atomic mass is 35.5. The Bertz CT molecular complexity index is 671. The molecule has 128 valence electrons. The first-order chi connectivity index (χ1) is 11.5. The summed E-state index contributed by atoms with van der Waals surface area (Å²) in [6.45, 7) is 2.86. The summed E-state index contributed by atoms with van der Waals surface area (Å²) < 4.78 is 0. The van der Waals surface area contributed by atoms with Gasteiger partial charge in [0.1, 0.15) is 6.04 Å². The first-order valence-electron chi connectivity index (χ1n) is 8.19. The molecule has 0 spiro atoms. The molecule has 0 bridgehead atoms. The predicted molar refractivity (Wildman–Crippen MR) is 107 cm³/mol. The fourth-order valence-electron chi connectivity index (χ4n) is 2.58. The number of thiocarbonyl (C=S) groups is 1. The number of aryl methyl sites for hydroxylation is 1. The van der Waals surface area contributed by atoms with Crippen LogP contribution in [0.1, 0.15) is 24.1 Å². The monoisotopic (exact) mass is 362 g/mol. The van der Waals surface area contributed by atoms with E-state index < -0.39 is 0 Å². The lowest BCUT2D eigenvalue weighted by Crippen LogP contribution is -3.07. The van der Waals surface area contributed by atoms with Crippen molar-refractivity contribution in [3.8, 4) is 0 Å². The summed E-state index contributed by atoms with van der Waals surface area (Å²) >= 11 is 11.8. The van der Waals surface area contributed by atoms with Crippen molar-refractivity contribution in [2.45, 2.75) is 19.4 Å². The molecule has 0 fully saturated rings. The van der Waals surface area contributed by atoms with Crippen molar-refractivity contribution in [3.63, 3.8) is 0 Å². The van der Waals surface area contributed by atoms with Crippen molar-refractivity contribution in [2.75, 3.05) is 26.0 Å². The van der Waals surface area contributed by atoms with Gasteiger partial charge in [-0.2, -0.15) is 0 Å². The minimum atomic E-state index is 0.223. The number of halogens is 1. The van der Waals surface area contributed by atoms with E-state index in [1.165, 1.54) is 10.5 Å². The molecular weight excluding hydrogens is 338 g/mol. The molecule has 24 heavy (non-hydrogen) atoms. The Labute approximate surface area is 155 Å². The highest BCUT2D eigenvalue weighted by molar-refractivity contribution is 7.80. The van der Waals surface area contributed by atoms with E-state index in [0.717, 1.165) is 22.7 Å². The molecule has 3 N–H and O–H groups in total. The van der Waals surface area contributed by atoms with Crippen molar-refractivity contribution >= 4 is 34.6 Å². The van der Waals surface area contributed by atoms with Crippen LogP contribution < -0.4 is 15.5 Å².